The van der Waals surface area contributed by atoms with E-state index in [2.05, 4.69) is 5.32 Å². The number of benzene rings is 1. The Kier molecular flexibility index (Phi) is 5.38. The van der Waals surface area contributed by atoms with E-state index < -0.39 is 0 Å². The number of carbonyl (C=O) groups excluding carboxylic acids is 1. The highest BCUT2D eigenvalue weighted by molar-refractivity contribution is 5.77. The van der Waals surface area contributed by atoms with E-state index in [1.165, 1.54) is 0 Å². The van der Waals surface area contributed by atoms with Crippen molar-refractivity contribution >= 4 is 5.91 Å². The molecule has 0 heterocycles. The molecule has 110 valence electrons. The molecule has 4 N–H and O–H groups in total. The highest BCUT2D eigenvalue weighted by Crippen LogP contribution is 2.19. The number of para-hydroxylation sites is 1. The lowest BCUT2D eigenvalue weighted by molar-refractivity contribution is -0.124. The molecule has 5 nitrogen and oxygen atoms in total. The second-order valence-corrected chi connectivity index (χ2v) is 5.17. The van der Waals surface area contributed by atoms with Crippen LogP contribution in [-0.2, 0) is 11.3 Å². The third kappa shape index (κ3) is 4.21. The third-order valence-electron chi connectivity index (χ3n) is 3.61. The third-order valence-corrected chi connectivity index (χ3v) is 3.61. The highest BCUT2D eigenvalue weighted by atomic mass is 16.5. The Hall–Kier alpha value is -1.59. The maximum absolute atomic E-state index is 11.8. The molecule has 0 bridgehead atoms. The first kappa shape index (κ1) is 14.8. The van der Waals surface area contributed by atoms with E-state index in [4.69, 9.17) is 10.5 Å². The Bertz CT molecular complexity index is 442. The van der Waals surface area contributed by atoms with E-state index in [1.54, 1.807) is 0 Å². The van der Waals surface area contributed by atoms with Gasteiger partial charge in [-0.3, -0.25) is 4.79 Å². The molecule has 0 atom stereocenters. The number of ether oxygens (including phenoxy) is 1. The number of rotatable bonds is 5. The maximum Gasteiger partial charge on any atom is 0.258 e. The number of aliphatic hydroxyl groups is 1. The lowest BCUT2D eigenvalue weighted by Crippen LogP contribution is -2.40. The van der Waals surface area contributed by atoms with E-state index in [1.807, 2.05) is 24.3 Å². The zero-order valence-corrected chi connectivity index (χ0v) is 11.5. The second-order valence-electron chi connectivity index (χ2n) is 5.17. The molecule has 0 aromatic heterocycles. The molecule has 20 heavy (non-hydrogen) atoms. The first-order valence-electron chi connectivity index (χ1n) is 7.07. The van der Waals surface area contributed by atoms with Gasteiger partial charge in [0.2, 0.25) is 0 Å². The molecule has 1 aromatic carbocycles. The van der Waals surface area contributed by atoms with Gasteiger partial charge in [-0.2, -0.15) is 0 Å². The second kappa shape index (κ2) is 7.26. The van der Waals surface area contributed by atoms with E-state index in [0.717, 1.165) is 31.2 Å². The monoisotopic (exact) mass is 278 g/mol. The van der Waals surface area contributed by atoms with Gasteiger partial charge in [-0.25, -0.2) is 0 Å². The van der Waals surface area contributed by atoms with Crippen molar-refractivity contribution in [3.63, 3.8) is 0 Å². The van der Waals surface area contributed by atoms with Gasteiger partial charge in [-0.1, -0.05) is 18.2 Å². The Morgan fingerprint density at radius 2 is 2.00 bits per heavy atom. The fourth-order valence-corrected chi connectivity index (χ4v) is 2.45. The van der Waals surface area contributed by atoms with Crippen LogP contribution in [0.2, 0.25) is 0 Å². The van der Waals surface area contributed by atoms with Gasteiger partial charge < -0.3 is 20.9 Å². The zero-order valence-electron chi connectivity index (χ0n) is 11.5. The van der Waals surface area contributed by atoms with Gasteiger partial charge in [0, 0.05) is 18.2 Å². The molecular weight excluding hydrogens is 256 g/mol. The minimum Gasteiger partial charge on any atom is -0.483 e. The SMILES string of the molecule is NCc1ccccc1OCC(=O)NC1CCC(O)CC1. The molecule has 1 aliphatic carbocycles. The fraction of sp³-hybridized carbons (Fsp3) is 0.533. The molecule has 0 unspecified atom stereocenters. The Labute approximate surface area is 119 Å². The van der Waals surface area contributed by atoms with Crippen LogP contribution in [-0.4, -0.2) is 29.8 Å². The summed E-state index contributed by atoms with van der Waals surface area (Å²) in [6.07, 6.45) is 2.94. The quantitative estimate of drug-likeness (QED) is 0.748. The van der Waals surface area contributed by atoms with Crippen molar-refractivity contribution in [1.82, 2.24) is 5.32 Å². The van der Waals surface area contributed by atoms with E-state index in [-0.39, 0.29) is 24.7 Å². The molecule has 0 radical (unpaired) electrons. The molecule has 0 saturated heterocycles. The van der Waals surface area contributed by atoms with E-state index in [0.29, 0.717) is 12.3 Å². The number of carbonyl (C=O) groups is 1. The number of hydrogen-bond acceptors (Lipinski definition) is 4. The summed E-state index contributed by atoms with van der Waals surface area (Å²) in [7, 11) is 0. The van der Waals surface area contributed by atoms with Crippen LogP contribution in [0.15, 0.2) is 24.3 Å². The Morgan fingerprint density at radius 3 is 2.70 bits per heavy atom. The van der Waals surface area contributed by atoms with E-state index >= 15 is 0 Å². The van der Waals surface area contributed by atoms with Crippen LogP contribution in [0.1, 0.15) is 31.2 Å². The smallest absolute Gasteiger partial charge is 0.258 e. The van der Waals surface area contributed by atoms with Crippen LogP contribution in [0.5, 0.6) is 5.75 Å². The van der Waals surface area contributed by atoms with Crippen molar-refractivity contribution in [1.29, 1.82) is 0 Å². The standard InChI is InChI=1S/C15H22N2O3/c16-9-11-3-1-2-4-14(11)20-10-15(19)17-12-5-7-13(18)8-6-12/h1-4,12-13,18H,5-10,16H2,(H,17,19). The summed E-state index contributed by atoms with van der Waals surface area (Å²) in [6, 6.07) is 7.60. The van der Waals surface area contributed by atoms with Gasteiger partial charge in [-0.05, 0) is 31.7 Å². The summed E-state index contributed by atoms with van der Waals surface area (Å²) in [4.78, 5) is 11.8. The van der Waals surface area contributed by atoms with Crippen molar-refractivity contribution in [2.45, 2.75) is 44.4 Å². The Morgan fingerprint density at radius 1 is 1.30 bits per heavy atom. The predicted molar refractivity (Wildman–Crippen MR) is 76.2 cm³/mol. The molecule has 1 saturated carbocycles. The molecule has 0 aliphatic heterocycles. The highest BCUT2D eigenvalue weighted by Gasteiger charge is 2.20. The molecule has 1 fully saturated rings. The molecule has 0 spiro atoms. The van der Waals surface area contributed by atoms with Gasteiger partial charge >= 0.3 is 0 Å². The molecular formula is C15H22N2O3. The van der Waals surface area contributed by atoms with Gasteiger partial charge in [0.15, 0.2) is 6.61 Å². The first-order chi connectivity index (χ1) is 9.69. The van der Waals surface area contributed by atoms with Crippen LogP contribution in [0, 0.1) is 0 Å². The maximum atomic E-state index is 11.8. The lowest BCUT2D eigenvalue weighted by atomic mass is 9.93. The molecule has 2 rings (SSSR count). The van der Waals surface area contributed by atoms with Crippen molar-refractivity contribution in [2.75, 3.05) is 6.61 Å². The number of nitrogens with one attached hydrogen (secondary N) is 1. The lowest BCUT2D eigenvalue weighted by Gasteiger charge is -2.26. The van der Waals surface area contributed by atoms with Crippen LogP contribution < -0.4 is 15.8 Å². The van der Waals surface area contributed by atoms with Crippen molar-refractivity contribution in [3.05, 3.63) is 29.8 Å². The minimum atomic E-state index is -0.212. The summed E-state index contributed by atoms with van der Waals surface area (Å²) in [6.45, 7) is 0.383. The Balaban J connectivity index is 1.77. The summed E-state index contributed by atoms with van der Waals surface area (Å²) < 4.78 is 5.51. The van der Waals surface area contributed by atoms with Crippen molar-refractivity contribution < 1.29 is 14.6 Å². The normalized spacial score (nSPS) is 22.3. The first-order valence-corrected chi connectivity index (χ1v) is 7.07. The number of hydrogen-bond donors (Lipinski definition) is 3. The van der Waals surface area contributed by atoms with Crippen LogP contribution in [0.3, 0.4) is 0 Å². The predicted octanol–water partition coefficient (Wildman–Crippen LogP) is 0.944. The summed E-state index contributed by atoms with van der Waals surface area (Å²) in [5, 5.41) is 12.4. The van der Waals surface area contributed by atoms with Crippen molar-refractivity contribution in [2.24, 2.45) is 5.73 Å². The van der Waals surface area contributed by atoms with Crippen LogP contribution >= 0.6 is 0 Å². The van der Waals surface area contributed by atoms with Crippen LogP contribution in [0.4, 0.5) is 0 Å². The van der Waals surface area contributed by atoms with E-state index in [9.17, 15) is 9.90 Å². The van der Waals surface area contributed by atoms with Gasteiger partial charge in [0.05, 0.1) is 6.10 Å². The summed E-state index contributed by atoms with van der Waals surface area (Å²) >= 11 is 0. The largest absolute Gasteiger partial charge is 0.483 e. The number of aliphatic hydroxyl groups excluding tert-OH is 1. The zero-order chi connectivity index (χ0) is 14.4. The van der Waals surface area contributed by atoms with Crippen LogP contribution in [0.25, 0.3) is 0 Å². The minimum absolute atomic E-state index is 0.00390. The number of nitrogens with two attached hydrogens (primary N) is 1. The average Bonchev–Trinajstić information content (AvgIpc) is 2.48. The fourth-order valence-electron chi connectivity index (χ4n) is 2.45. The average molecular weight is 278 g/mol. The van der Waals surface area contributed by atoms with Crippen molar-refractivity contribution in [3.8, 4) is 5.75 Å². The topological polar surface area (TPSA) is 84.6 Å². The molecule has 1 amide bonds. The molecule has 1 aromatic rings. The van der Waals surface area contributed by atoms with Gasteiger partial charge in [-0.15, -0.1) is 0 Å². The van der Waals surface area contributed by atoms with Gasteiger partial charge in [0.1, 0.15) is 5.75 Å². The van der Waals surface area contributed by atoms with Gasteiger partial charge in [0.25, 0.3) is 5.91 Å². The molecule has 1 aliphatic rings. The molecule has 5 heteroatoms. The number of amides is 1. The summed E-state index contributed by atoms with van der Waals surface area (Å²) in [5.41, 5.74) is 6.51. The summed E-state index contributed by atoms with van der Waals surface area (Å²) in [5.74, 6) is 0.530.